The van der Waals surface area contributed by atoms with Crippen LogP contribution in [0.25, 0.3) is 0 Å². The Balaban J connectivity index is 1.63. The summed E-state index contributed by atoms with van der Waals surface area (Å²) in [4.78, 5) is 13.3. The second-order valence-corrected chi connectivity index (χ2v) is 11.0. The molecule has 0 saturated carbocycles. The molecule has 0 aliphatic carbocycles. The smallest absolute Gasteiger partial charge is 0.243 e. The third kappa shape index (κ3) is 6.03. The van der Waals surface area contributed by atoms with Crippen molar-refractivity contribution in [3.8, 4) is 5.75 Å². The number of hydrogen-bond donors (Lipinski definition) is 1. The number of methoxy groups -OCH3 is 1. The van der Waals surface area contributed by atoms with Gasteiger partial charge in [-0.1, -0.05) is 37.6 Å². The first kappa shape index (κ1) is 24.6. The lowest BCUT2D eigenvalue weighted by Gasteiger charge is -2.32. The Labute approximate surface area is 196 Å². The molecular formula is C24H31ClN2O4S. The van der Waals surface area contributed by atoms with Crippen LogP contribution < -0.4 is 10.1 Å². The van der Waals surface area contributed by atoms with Gasteiger partial charge in [0.2, 0.25) is 15.9 Å². The predicted molar refractivity (Wildman–Crippen MR) is 126 cm³/mol. The number of amides is 1. The average molecular weight is 479 g/mol. The molecule has 1 aliphatic rings. The molecule has 2 aromatic carbocycles. The van der Waals surface area contributed by atoms with Crippen molar-refractivity contribution in [1.82, 2.24) is 9.62 Å². The van der Waals surface area contributed by atoms with Crippen molar-refractivity contribution < 1.29 is 17.9 Å². The summed E-state index contributed by atoms with van der Waals surface area (Å²) in [5.74, 6) is 0.959. The number of carbonyl (C=O) groups is 1. The molecule has 0 spiro atoms. The molecule has 1 amide bonds. The quantitative estimate of drug-likeness (QED) is 0.599. The highest BCUT2D eigenvalue weighted by atomic mass is 35.5. The van der Waals surface area contributed by atoms with Crippen LogP contribution in [0.3, 0.4) is 0 Å². The summed E-state index contributed by atoms with van der Waals surface area (Å²) >= 11 is 5.87. The number of sulfonamides is 1. The summed E-state index contributed by atoms with van der Waals surface area (Å²) in [5, 5.41) is 3.69. The molecule has 0 bridgehead atoms. The SMILES string of the molecule is COc1ccc([C@H](CC(C)C)NC(=O)C2CCN(S(=O)(=O)c3ccc(Cl)cc3)CC2)cc1. The van der Waals surface area contributed by atoms with E-state index in [4.69, 9.17) is 16.3 Å². The third-order valence-electron chi connectivity index (χ3n) is 5.82. The van der Waals surface area contributed by atoms with E-state index < -0.39 is 10.0 Å². The zero-order chi connectivity index (χ0) is 23.3. The monoisotopic (exact) mass is 478 g/mol. The van der Waals surface area contributed by atoms with Crippen molar-refractivity contribution in [3.63, 3.8) is 0 Å². The maximum Gasteiger partial charge on any atom is 0.243 e. The van der Waals surface area contributed by atoms with Gasteiger partial charge in [0.1, 0.15) is 5.75 Å². The highest BCUT2D eigenvalue weighted by molar-refractivity contribution is 7.89. The van der Waals surface area contributed by atoms with Crippen LogP contribution in [0, 0.1) is 11.8 Å². The van der Waals surface area contributed by atoms with E-state index in [1.165, 1.54) is 16.4 Å². The summed E-state index contributed by atoms with van der Waals surface area (Å²) in [7, 11) is -1.96. The molecule has 8 heteroatoms. The second kappa shape index (κ2) is 10.7. The Kier molecular flexibility index (Phi) is 8.20. The Morgan fingerprint density at radius 1 is 1.09 bits per heavy atom. The third-order valence-corrected chi connectivity index (χ3v) is 7.98. The van der Waals surface area contributed by atoms with E-state index in [0.717, 1.165) is 17.7 Å². The zero-order valence-corrected chi connectivity index (χ0v) is 20.3. The number of piperidine rings is 1. The number of ether oxygens (including phenoxy) is 1. The Hall–Kier alpha value is -2.09. The Morgan fingerprint density at radius 3 is 2.22 bits per heavy atom. The van der Waals surface area contributed by atoms with Gasteiger partial charge in [0.25, 0.3) is 0 Å². The zero-order valence-electron chi connectivity index (χ0n) is 18.8. The van der Waals surface area contributed by atoms with Gasteiger partial charge in [-0.05, 0) is 67.1 Å². The fraction of sp³-hybridized carbons (Fsp3) is 0.458. The van der Waals surface area contributed by atoms with Crippen LogP contribution in [0.1, 0.15) is 44.7 Å². The molecule has 0 radical (unpaired) electrons. The molecule has 1 saturated heterocycles. The second-order valence-electron chi connectivity index (χ2n) is 8.60. The molecule has 1 fully saturated rings. The number of carbonyl (C=O) groups excluding carboxylic acids is 1. The first-order valence-electron chi connectivity index (χ1n) is 10.9. The summed E-state index contributed by atoms with van der Waals surface area (Å²) in [6.45, 7) is 4.90. The summed E-state index contributed by atoms with van der Waals surface area (Å²) in [6, 6.07) is 13.8. The molecule has 1 atom stereocenters. The summed E-state index contributed by atoms with van der Waals surface area (Å²) in [6.07, 6.45) is 1.81. The first-order valence-corrected chi connectivity index (χ1v) is 12.7. The Morgan fingerprint density at radius 2 is 1.69 bits per heavy atom. The lowest BCUT2D eigenvalue weighted by molar-refractivity contribution is -0.127. The van der Waals surface area contributed by atoms with Crippen LogP contribution >= 0.6 is 11.6 Å². The van der Waals surface area contributed by atoms with E-state index in [9.17, 15) is 13.2 Å². The maximum absolute atomic E-state index is 13.0. The van der Waals surface area contributed by atoms with Crippen LogP contribution in [0.5, 0.6) is 5.75 Å². The molecular weight excluding hydrogens is 448 g/mol. The van der Waals surface area contributed by atoms with Gasteiger partial charge in [0.15, 0.2) is 0 Å². The summed E-state index contributed by atoms with van der Waals surface area (Å²) in [5.41, 5.74) is 1.04. The number of halogens is 1. The Bertz CT molecular complexity index is 999. The molecule has 1 heterocycles. The van der Waals surface area contributed by atoms with E-state index in [0.29, 0.717) is 36.9 Å². The topological polar surface area (TPSA) is 75.7 Å². The summed E-state index contributed by atoms with van der Waals surface area (Å²) < 4.78 is 32.5. The number of rotatable bonds is 8. The molecule has 174 valence electrons. The maximum atomic E-state index is 13.0. The lowest BCUT2D eigenvalue weighted by Crippen LogP contribution is -2.43. The average Bonchev–Trinajstić information content (AvgIpc) is 2.78. The van der Waals surface area contributed by atoms with Gasteiger partial charge >= 0.3 is 0 Å². The van der Waals surface area contributed by atoms with E-state index in [-0.39, 0.29) is 22.8 Å². The van der Waals surface area contributed by atoms with Crippen LogP contribution in [0.2, 0.25) is 5.02 Å². The highest BCUT2D eigenvalue weighted by Crippen LogP contribution is 2.28. The minimum absolute atomic E-state index is 0.0185. The van der Waals surface area contributed by atoms with E-state index in [2.05, 4.69) is 19.2 Å². The van der Waals surface area contributed by atoms with Crippen molar-refractivity contribution in [2.75, 3.05) is 20.2 Å². The fourth-order valence-corrected chi connectivity index (χ4v) is 5.59. The van der Waals surface area contributed by atoms with Gasteiger partial charge in [-0.3, -0.25) is 4.79 Å². The van der Waals surface area contributed by atoms with Gasteiger partial charge in [-0.25, -0.2) is 8.42 Å². The van der Waals surface area contributed by atoms with Gasteiger partial charge in [0.05, 0.1) is 18.0 Å². The van der Waals surface area contributed by atoms with Gasteiger partial charge in [-0.2, -0.15) is 4.31 Å². The van der Waals surface area contributed by atoms with Gasteiger partial charge in [-0.15, -0.1) is 0 Å². The molecule has 6 nitrogen and oxygen atoms in total. The van der Waals surface area contributed by atoms with E-state index >= 15 is 0 Å². The van der Waals surface area contributed by atoms with E-state index in [1.54, 1.807) is 19.2 Å². The standard InChI is InChI=1S/C24H31ClN2O4S/c1-17(2)16-23(18-4-8-21(31-3)9-5-18)26-24(28)19-12-14-27(15-13-19)32(29,30)22-10-6-20(25)7-11-22/h4-11,17,19,23H,12-16H2,1-3H3,(H,26,28)/t23-/m0/s1. The van der Waals surface area contributed by atoms with Crippen molar-refractivity contribution in [1.29, 1.82) is 0 Å². The molecule has 1 N–H and O–H groups in total. The number of nitrogens with one attached hydrogen (secondary N) is 1. The predicted octanol–water partition coefficient (Wildman–Crippen LogP) is 4.65. The van der Waals surface area contributed by atoms with Crippen LogP contribution in [-0.2, 0) is 14.8 Å². The minimum Gasteiger partial charge on any atom is -0.497 e. The minimum atomic E-state index is -3.59. The van der Waals surface area contributed by atoms with Crippen LogP contribution in [0.4, 0.5) is 0 Å². The molecule has 0 aromatic heterocycles. The molecule has 0 unspecified atom stereocenters. The van der Waals surface area contributed by atoms with Crippen molar-refractivity contribution in [2.24, 2.45) is 11.8 Å². The molecule has 2 aromatic rings. The van der Waals surface area contributed by atoms with Crippen LogP contribution in [0.15, 0.2) is 53.4 Å². The largest absolute Gasteiger partial charge is 0.497 e. The number of hydrogen-bond acceptors (Lipinski definition) is 4. The van der Waals surface area contributed by atoms with Gasteiger partial charge in [0, 0.05) is 24.0 Å². The molecule has 3 rings (SSSR count). The van der Waals surface area contributed by atoms with Crippen molar-refractivity contribution in [3.05, 3.63) is 59.1 Å². The lowest BCUT2D eigenvalue weighted by atomic mass is 9.93. The number of benzene rings is 2. The van der Waals surface area contributed by atoms with Gasteiger partial charge < -0.3 is 10.1 Å². The fourth-order valence-electron chi connectivity index (χ4n) is 3.99. The first-order chi connectivity index (χ1) is 15.2. The van der Waals surface area contributed by atoms with Crippen molar-refractivity contribution >= 4 is 27.5 Å². The van der Waals surface area contributed by atoms with E-state index in [1.807, 2.05) is 24.3 Å². The van der Waals surface area contributed by atoms with Crippen LogP contribution in [-0.4, -0.2) is 38.8 Å². The molecule has 32 heavy (non-hydrogen) atoms. The van der Waals surface area contributed by atoms with Crippen molar-refractivity contribution in [2.45, 2.75) is 44.0 Å². The normalized spacial score (nSPS) is 16.7. The highest BCUT2D eigenvalue weighted by Gasteiger charge is 2.33. The molecule has 1 aliphatic heterocycles. The number of nitrogens with zero attached hydrogens (tertiary/aromatic N) is 1.